The number of ether oxygens (including phenoxy) is 1. The fourth-order valence-electron chi connectivity index (χ4n) is 2.13. The minimum Gasteiger partial charge on any atom is -0.505 e. The molecule has 158 valence electrons. The van der Waals surface area contributed by atoms with Gasteiger partial charge in [-0.05, 0) is 18.2 Å². The van der Waals surface area contributed by atoms with Crippen LogP contribution in [0.15, 0.2) is 33.6 Å². The molecule has 1 amide bonds. The fourth-order valence-corrected chi connectivity index (χ4v) is 4.35. The van der Waals surface area contributed by atoms with Crippen LogP contribution in [0.2, 0.25) is 5.02 Å². The van der Waals surface area contributed by atoms with E-state index in [1.165, 1.54) is 6.07 Å². The van der Waals surface area contributed by atoms with E-state index in [0.717, 1.165) is 13.1 Å². The number of nitrogens with one attached hydrogen (secondary N) is 2. The maximum atomic E-state index is 12.6. The molecule has 0 atom stereocenters. The van der Waals surface area contributed by atoms with Crippen LogP contribution in [0, 0.1) is 0 Å². The van der Waals surface area contributed by atoms with Gasteiger partial charge in [0.05, 0.1) is 16.3 Å². The first-order valence-corrected chi connectivity index (χ1v) is 9.96. The number of halogens is 5. The zero-order valence-electron chi connectivity index (χ0n) is 14.1. The number of alkyl halides is 3. The number of benzene rings is 2. The van der Waals surface area contributed by atoms with E-state index >= 15 is 0 Å². The van der Waals surface area contributed by atoms with Gasteiger partial charge < -0.3 is 20.3 Å². The van der Waals surface area contributed by atoms with E-state index in [1.54, 1.807) is 4.72 Å². The molecule has 8 nitrogen and oxygen atoms in total. The van der Waals surface area contributed by atoms with Crippen LogP contribution in [0.5, 0.6) is 17.2 Å². The molecule has 0 fully saturated rings. The topological polar surface area (TPSA) is 125 Å². The molecule has 4 N–H and O–H groups in total. The first-order valence-electron chi connectivity index (χ1n) is 7.31. The summed E-state index contributed by atoms with van der Waals surface area (Å²) in [7, 11) is -3.52. The van der Waals surface area contributed by atoms with Crippen LogP contribution in [0.1, 0.15) is 10.4 Å². The Morgan fingerprint density at radius 3 is 2.34 bits per heavy atom. The highest BCUT2D eigenvalue weighted by Gasteiger charge is 2.33. The number of aromatic hydroxyl groups is 2. The largest absolute Gasteiger partial charge is 0.573 e. The lowest BCUT2D eigenvalue weighted by Gasteiger charge is -2.16. The number of amides is 1. The van der Waals surface area contributed by atoms with Crippen LogP contribution in [-0.4, -0.2) is 37.9 Å². The molecule has 2 aromatic rings. The van der Waals surface area contributed by atoms with Gasteiger partial charge in [0, 0.05) is 17.6 Å². The molecule has 0 aromatic heterocycles. The van der Waals surface area contributed by atoms with Gasteiger partial charge in [-0.15, -0.1) is 13.2 Å². The van der Waals surface area contributed by atoms with E-state index in [1.807, 2.05) is 0 Å². The molecule has 0 heterocycles. The Labute approximate surface area is 175 Å². The summed E-state index contributed by atoms with van der Waals surface area (Å²) in [4.78, 5) is 11.1. The molecule has 0 radical (unpaired) electrons. The van der Waals surface area contributed by atoms with Gasteiger partial charge in [-0.1, -0.05) is 27.5 Å². The molecule has 0 bridgehead atoms. The van der Waals surface area contributed by atoms with E-state index in [0.29, 0.717) is 12.1 Å². The summed E-state index contributed by atoms with van der Waals surface area (Å²) < 4.78 is 68.6. The standard InChI is InChI=1S/C15H11BrClF3N2O6S/c1-21-14(25)8-4-7(28-15(18,19)20)5-10(12(8)23)22-29(26,27)11-3-6(16)2-9(17)13(11)24/h2-5,22-24H,1H3,(H,21,25). The van der Waals surface area contributed by atoms with Gasteiger partial charge in [-0.2, -0.15) is 0 Å². The van der Waals surface area contributed by atoms with Crippen molar-refractivity contribution >= 4 is 49.1 Å². The second-order valence-corrected chi connectivity index (χ2v) is 8.31. The Morgan fingerprint density at radius 2 is 1.79 bits per heavy atom. The van der Waals surface area contributed by atoms with Crippen molar-refractivity contribution in [1.29, 1.82) is 0 Å². The highest BCUT2D eigenvalue weighted by atomic mass is 79.9. The number of hydrogen-bond acceptors (Lipinski definition) is 6. The molecule has 0 unspecified atom stereocenters. The van der Waals surface area contributed by atoms with E-state index in [4.69, 9.17) is 11.6 Å². The molecule has 0 aliphatic rings. The van der Waals surface area contributed by atoms with E-state index in [9.17, 15) is 36.6 Å². The third-order valence-corrected chi connectivity index (χ3v) is 5.44. The highest BCUT2D eigenvalue weighted by molar-refractivity contribution is 9.10. The Balaban J connectivity index is 2.61. The minimum atomic E-state index is -5.15. The summed E-state index contributed by atoms with van der Waals surface area (Å²) in [6.45, 7) is 0. The summed E-state index contributed by atoms with van der Waals surface area (Å²) in [5, 5.41) is 21.9. The minimum absolute atomic E-state index is 0.171. The van der Waals surface area contributed by atoms with Crippen molar-refractivity contribution in [3.05, 3.63) is 39.3 Å². The van der Waals surface area contributed by atoms with Crippen LogP contribution in [0.4, 0.5) is 18.9 Å². The number of rotatable bonds is 5. The quantitative estimate of drug-likeness (QED) is 0.448. The summed E-state index contributed by atoms with van der Waals surface area (Å²) in [5.74, 6) is -3.79. The van der Waals surface area contributed by atoms with Crippen molar-refractivity contribution in [1.82, 2.24) is 5.32 Å². The zero-order valence-corrected chi connectivity index (χ0v) is 17.3. The van der Waals surface area contributed by atoms with E-state index in [-0.39, 0.29) is 9.50 Å². The monoisotopic (exact) mass is 518 g/mol. The number of hydrogen-bond donors (Lipinski definition) is 4. The van der Waals surface area contributed by atoms with E-state index < -0.39 is 55.7 Å². The van der Waals surface area contributed by atoms with Crippen molar-refractivity contribution < 1.29 is 41.3 Å². The highest BCUT2D eigenvalue weighted by Crippen LogP contribution is 2.39. The molecule has 14 heteroatoms. The molecule has 0 spiro atoms. The smallest absolute Gasteiger partial charge is 0.505 e. The van der Waals surface area contributed by atoms with Gasteiger partial charge in [0.2, 0.25) is 0 Å². The SMILES string of the molecule is CNC(=O)c1cc(OC(F)(F)F)cc(NS(=O)(=O)c2cc(Br)cc(Cl)c2O)c1O. The van der Waals surface area contributed by atoms with Crippen LogP contribution >= 0.6 is 27.5 Å². The van der Waals surface area contributed by atoms with Gasteiger partial charge in [0.1, 0.15) is 10.6 Å². The fraction of sp³-hybridized carbons (Fsp3) is 0.133. The third-order valence-electron chi connectivity index (χ3n) is 3.32. The summed E-state index contributed by atoms with van der Waals surface area (Å²) in [6.07, 6.45) is -5.15. The van der Waals surface area contributed by atoms with Gasteiger partial charge in [0.25, 0.3) is 15.9 Å². The van der Waals surface area contributed by atoms with Gasteiger partial charge >= 0.3 is 6.36 Å². The van der Waals surface area contributed by atoms with Crippen molar-refractivity contribution in [2.45, 2.75) is 11.3 Å². The molecule has 2 rings (SSSR count). The number of phenolic OH excluding ortho intramolecular Hbond substituents is 2. The Kier molecular flexibility index (Phi) is 6.45. The van der Waals surface area contributed by atoms with Crippen LogP contribution in [0.3, 0.4) is 0 Å². The second-order valence-electron chi connectivity index (χ2n) is 5.33. The number of phenols is 2. The van der Waals surface area contributed by atoms with Crippen molar-refractivity contribution in [2.24, 2.45) is 0 Å². The average molecular weight is 520 g/mol. The predicted molar refractivity (Wildman–Crippen MR) is 99.8 cm³/mol. The van der Waals surface area contributed by atoms with Crippen LogP contribution < -0.4 is 14.8 Å². The lowest BCUT2D eigenvalue weighted by Crippen LogP contribution is -2.21. The second kappa shape index (κ2) is 8.16. The van der Waals surface area contributed by atoms with Gasteiger partial charge in [-0.3, -0.25) is 9.52 Å². The molecular formula is C15H11BrClF3N2O6S. The zero-order chi connectivity index (χ0) is 22.1. The summed E-state index contributed by atoms with van der Waals surface area (Å²) >= 11 is 8.71. The maximum absolute atomic E-state index is 12.6. The molecule has 29 heavy (non-hydrogen) atoms. The van der Waals surface area contributed by atoms with E-state index in [2.05, 4.69) is 26.0 Å². The summed E-state index contributed by atoms with van der Waals surface area (Å²) in [6, 6.07) is 3.27. The van der Waals surface area contributed by atoms with Crippen LogP contribution in [0.25, 0.3) is 0 Å². The normalized spacial score (nSPS) is 11.8. The molecular weight excluding hydrogens is 509 g/mol. The van der Waals surface area contributed by atoms with Crippen molar-refractivity contribution in [2.75, 3.05) is 11.8 Å². The molecule has 2 aromatic carbocycles. The van der Waals surface area contributed by atoms with Gasteiger partial charge in [0.15, 0.2) is 11.5 Å². The molecule has 0 aliphatic carbocycles. The Bertz CT molecular complexity index is 1080. The Hall–Kier alpha value is -2.38. The van der Waals surface area contributed by atoms with Gasteiger partial charge in [-0.25, -0.2) is 8.42 Å². The molecule has 0 saturated heterocycles. The first-order chi connectivity index (χ1) is 13.2. The van der Waals surface area contributed by atoms with Crippen molar-refractivity contribution in [3.8, 4) is 17.2 Å². The number of anilines is 1. The lowest BCUT2D eigenvalue weighted by atomic mass is 10.1. The number of sulfonamides is 1. The number of carbonyl (C=O) groups is 1. The first kappa shape index (κ1) is 22.9. The average Bonchev–Trinajstić information content (AvgIpc) is 2.58. The summed E-state index contributed by atoms with van der Waals surface area (Å²) in [5.41, 5.74) is -1.50. The van der Waals surface area contributed by atoms with Crippen molar-refractivity contribution in [3.63, 3.8) is 0 Å². The number of carbonyl (C=O) groups excluding carboxylic acids is 1. The van der Waals surface area contributed by atoms with Crippen LogP contribution in [-0.2, 0) is 10.0 Å². The molecule has 0 saturated carbocycles. The predicted octanol–water partition coefficient (Wildman–Crippen LogP) is 3.57. The Morgan fingerprint density at radius 1 is 1.17 bits per heavy atom. The molecule has 0 aliphatic heterocycles. The maximum Gasteiger partial charge on any atom is 0.573 e. The third kappa shape index (κ3) is 5.36. The lowest BCUT2D eigenvalue weighted by molar-refractivity contribution is -0.274.